The molecule has 1 aromatic heterocycles. The molecule has 178 valence electrons. The lowest BCUT2D eigenvalue weighted by Gasteiger charge is -2.27. The number of hydrogen-bond donors (Lipinski definition) is 2. The summed E-state index contributed by atoms with van der Waals surface area (Å²) in [5, 5.41) is 5.01. The van der Waals surface area contributed by atoms with Gasteiger partial charge in [0.15, 0.2) is 0 Å². The molecule has 9 heteroatoms. The standard InChI is InChI=1S/C24H31N3O4S2/c1-16-12-20-13-22(9-10-23(20)27(16)17(2)28)33(30,31)26-14-18-5-7-19(8-6-18)24(29)25-15-21-4-3-11-32-21/h3-4,9-11,13,16,18-19,26H,5-8,12,14-15H2,1-2H3,(H,25,29). The highest BCUT2D eigenvalue weighted by Crippen LogP contribution is 2.34. The molecule has 2 aliphatic rings. The molecule has 4 rings (SSSR count). The van der Waals surface area contributed by atoms with Crippen LogP contribution in [0, 0.1) is 11.8 Å². The first-order valence-electron chi connectivity index (χ1n) is 11.5. The molecule has 1 fully saturated rings. The van der Waals surface area contributed by atoms with Gasteiger partial charge in [-0.3, -0.25) is 9.59 Å². The molecule has 1 unspecified atom stereocenters. The molecule has 1 saturated carbocycles. The first-order valence-corrected chi connectivity index (χ1v) is 13.8. The largest absolute Gasteiger partial charge is 0.351 e. The quantitative estimate of drug-likeness (QED) is 0.623. The zero-order valence-corrected chi connectivity index (χ0v) is 20.7. The number of carbonyl (C=O) groups excluding carboxylic acids is 2. The second-order valence-electron chi connectivity index (χ2n) is 9.10. The van der Waals surface area contributed by atoms with Gasteiger partial charge in [-0.25, -0.2) is 13.1 Å². The number of carbonyl (C=O) groups is 2. The summed E-state index contributed by atoms with van der Waals surface area (Å²) in [5.74, 6) is 0.282. The highest BCUT2D eigenvalue weighted by Gasteiger charge is 2.31. The first kappa shape index (κ1) is 23.9. The van der Waals surface area contributed by atoms with Crippen LogP contribution in [0.2, 0.25) is 0 Å². The summed E-state index contributed by atoms with van der Waals surface area (Å²) in [4.78, 5) is 27.4. The fraction of sp³-hybridized carbons (Fsp3) is 0.500. The number of hydrogen-bond acceptors (Lipinski definition) is 5. The van der Waals surface area contributed by atoms with Gasteiger partial charge < -0.3 is 10.2 Å². The van der Waals surface area contributed by atoms with Crippen molar-refractivity contribution in [3.63, 3.8) is 0 Å². The third-order valence-corrected chi connectivity index (χ3v) is 9.01. The highest BCUT2D eigenvalue weighted by molar-refractivity contribution is 7.89. The fourth-order valence-electron chi connectivity index (χ4n) is 4.93. The Bertz CT molecular complexity index is 1110. The minimum absolute atomic E-state index is 0.000687. The van der Waals surface area contributed by atoms with Crippen LogP contribution in [-0.2, 0) is 32.6 Å². The van der Waals surface area contributed by atoms with Crippen molar-refractivity contribution in [2.75, 3.05) is 11.4 Å². The number of fused-ring (bicyclic) bond motifs is 1. The summed E-state index contributed by atoms with van der Waals surface area (Å²) in [5.41, 5.74) is 1.68. The van der Waals surface area contributed by atoms with Gasteiger partial charge in [0.25, 0.3) is 0 Å². The molecule has 1 aromatic carbocycles. The molecule has 0 bridgehead atoms. The van der Waals surface area contributed by atoms with Crippen LogP contribution in [0.3, 0.4) is 0 Å². The van der Waals surface area contributed by atoms with Crippen molar-refractivity contribution in [3.05, 3.63) is 46.2 Å². The number of thiophene rings is 1. The lowest BCUT2D eigenvalue weighted by Crippen LogP contribution is -2.35. The van der Waals surface area contributed by atoms with Gasteiger partial charge in [0.1, 0.15) is 0 Å². The van der Waals surface area contributed by atoms with E-state index < -0.39 is 10.0 Å². The van der Waals surface area contributed by atoms with Gasteiger partial charge in [-0.05, 0) is 80.2 Å². The molecule has 0 saturated heterocycles. The van der Waals surface area contributed by atoms with E-state index >= 15 is 0 Å². The van der Waals surface area contributed by atoms with Crippen molar-refractivity contribution in [1.29, 1.82) is 0 Å². The van der Waals surface area contributed by atoms with Crippen molar-refractivity contribution < 1.29 is 18.0 Å². The molecule has 2 amide bonds. The number of nitrogens with one attached hydrogen (secondary N) is 2. The predicted molar refractivity (Wildman–Crippen MR) is 130 cm³/mol. The van der Waals surface area contributed by atoms with Crippen LogP contribution >= 0.6 is 11.3 Å². The summed E-state index contributed by atoms with van der Waals surface area (Å²) >= 11 is 1.63. The SMILES string of the molecule is CC(=O)N1c2ccc(S(=O)(=O)NCC3CCC(C(=O)NCc4cccs4)CC3)cc2CC1C. The minimum atomic E-state index is -3.63. The molecule has 1 aliphatic carbocycles. The number of nitrogens with zero attached hydrogens (tertiary/aromatic N) is 1. The van der Waals surface area contributed by atoms with Gasteiger partial charge in [0, 0.05) is 36.0 Å². The maximum absolute atomic E-state index is 12.9. The first-order chi connectivity index (χ1) is 15.7. The molecular formula is C24H31N3O4S2. The fourth-order valence-corrected chi connectivity index (χ4v) is 6.74. The Morgan fingerprint density at radius 2 is 1.91 bits per heavy atom. The molecule has 2 N–H and O–H groups in total. The van der Waals surface area contributed by atoms with Crippen molar-refractivity contribution in [1.82, 2.24) is 10.0 Å². The summed E-state index contributed by atoms with van der Waals surface area (Å²) < 4.78 is 28.5. The third-order valence-electron chi connectivity index (χ3n) is 6.71. The summed E-state index contributed by atoms with van der Waals surface area (Å²) in [6, 6.07) is 9.00. The minimum Gasteiger partial charge on any atom is -0.351 e. The van der Waals surface area contributed by atoms with Gasteiger partial charge >= 0.3 is 0 Å². The Balaban J connectivity index is 1.28. The molecule has 2 heterocycles. The van der Waals surface area contributed by atoms with E-state index in [4.69, 9.17) is 0 Å². The van der Waals surface area contributed by atoms with Gasteiger partial charge in [-0.15, -0.1) is 11.3 Å². The zero-order valence-electron chi connectivity index (χ0n) is 19.0. The van der Waals surface area contributed by atoms with Crippen LogP contribution in [0.1, 0.15) is 50.0 Å². The van der Waals surface area contributed by atoms with E-state index in [2.05, 4.69) is 10.0 Å². The van der Waals surface area contributed by atoms with Crippen molar-refractivity contribution >= 4 is 38.9 Å². The Hall–Kier alpha value is -2.23. The maximum atomic E-state index is 12.9. The molecule has 33 heavy (non-hydrogen) atoms. The van der Waals surface area contributed by atoms with E-state index in [1.807, 2.05) is 24.4 Å². The van der Waals surface area contributed by atoms with Crippen LogP contribution in [0.4, 0.5) is 5.69 Å². The maximum Gasteiger partial charge on any atom is 0.240 e. The molecule has 7 nitrogen and oxygen atoms in total. The summed E-state index contributed by atoms with van der Waals surface area (Å²) in [7, 11) is -3.63. The van der Waals surface area contributed by atoms with E-state index in [0.29, 0.717) is 19.5 Å². The number of sulfonamides is 1. The Labute approximate surface area is 199 Å². The third kappa shape index (κ3) is 5.47. The Kier molecular flexibility index (Phi) is 7.21. The van der Waals surface area contributed by atoms with Crippen molar-refractivity contribution in [2.24, 2.45) is 11.8 Å². The second kappa shape index (κ2) is 9.95. The average Bonchev–Trinajstić information content (AvgIpc) is 3.42. The van der Waals surface area contributed by atoms with Gasteiger partial charge in [0.2, 0.25) is 21.8 Å². The van der Waals surface area contributed by atoms with Gasteiger partial charge in [-0.1, -0.05) is 6.07 Å². The highest BCUT2D eigenvalue weighted by atomic mass is 32.2. The van der Waals surface area contributed by atoms with Crippen LogP contribution < -0.4 is 14.9 Å². The van der Waals surface area contributed by atoms with Gasteiger partial charge in [-0.2, -0.15) is 0 Å². The summed E-state index contributed by atoms with van der Waals surface area (Å²) in [6.07, 6.45) is 3.86. The van der Waals surface area contributed by atoms with Crippen LogP contribution in [-0.4, -0.2) is 32.8 Å². The Morgan fingerprint density at radius 3 is 2.58 bits per heavy atom. The summed E-state index contributed by atoms with van der Waals surface area (Å²) in [6.45, 7) is 4.44. The topological polar surface area (TPSA) is 95.6 Å². The van der Waals surface area contributed by atoms with Crippen LogP contribution in [0.25, 0.3) is 0 Å². The van der Waals surface area contributed by atoms with Crippen molar-refractivity contribution in [3.8, 4) is 0 Å². The smallest absolute Gasteiger partial charge is 0.240 e. The molecule has 1 aliphatic heterocycles. The normalized spacial score (nSPS) is 22.7. The van der Waals surface area contributed by atoms with Crippen molar-refractivity contribution in [2.45, 2.75) is 63.4 Å². The average molecular weight is 490 g/mol. The molecule has 0 radical (unpaired) electrons. The second-order valence-corrected chi connectivity index (χ2v) is 11.9. The van der Waals surface area contributed by atoms with Crippen LogP contribution in [0.5, 0.6) is 0 Å². The van der Waals surface area contributed by atoms with E-state index in [1.54, 1.807) is 34.4 Å². The lowest BCUT2D eigenvalue weighted by atomic mass is 9.81. The predicted octanol–water partition coefficient (Wildman–Crippen LogP) is 3.45. The van der Waals surface area contributed by atoms with E-state index in [9.17, 15) is 18.0 Å². The zero-order chi connectivity index (χ0) is 23.6. The Morgan fingerprint density at radius 1 is 1.15 bits per heavy atom. The van der Waals surface area contributed by atoms with E-state index in [-0.39, 0.29) is 34.6 Å². The number of rotatable bonds is 7. The van der Waals surface area contributed by atoms with Gasteiger partial charge in [0.05, 0.1) is 11.4 Å². The number of anilines is 1. The molecular weight excluding hydrogens is 458 g/mol. The number of amides is 2. The lowest BCUT2D eigenvalue weighted by molar-refractivity contribution is -0.126. The number of benzene rings is 1. The molecule has 2 aromatic rings. The van der Waals surface area contributed by atoms with E-state index in [1.165, 1.54) is 6.92 Å². The van der Waals surface area contributed by atoms with Crippen LogP contribution in [0.15, 0.2) is 40.6 Å². The molecule has 1 atom stereocenters. The van der Waals surface area contributed by atoms with E-state index in [0.717, 1.165) is 41.8 Å². The monoisotopic (exact) mass is 489 g/mol. The molecule has 0 spiro atoms.